The molecule has 1 saturated heterocycles. The van der Waals surface area contributed by atoms with Crippen LogP contribution >= 0.6 is 57.4 Å². The van der Waals surface area contributed by atoms with Gasteiger partial charge in [-0.15, -0.1) is 0 Å². The SMILES string of the molecule is N=C1C(=N)N(c2ccc(I)cc2)C(=S)N1c1ccc(I)cc1. The topological polar surface area (TPSA) is 54.2 Å². The fraction of sp³-hybridized carbons (Fsp3) is 0. The molecular weight excluding hydrogens is 522 g/mol. The highest BCUT2D eigenvalue weighted by Gasteiger charge is 2.37. The number of anilines is 2. The predicted octanol–water partition coefficient (Wildman–Crippen LogP) is 4.46. The maximum atomic E-state index is 8.22. The van der Waals surface area contributed by atoms with Gasteiger partial charge >= 0.3 is 0 Å². The van der Waals surface area contributed by atoms with E-state index in [-0.39, 0.29) is 11.7 Å². The summed E-state index contributed by atoms with van der Waals surface area (Å²) in [5, 5.41) is 16.9. The Balaban J connectivity index is 2.00. The number of halogens is 2. The molecule has 0 amide bonds. The molecular formula is C15H10I2N4S. The first-order chi connectivity index (χ1) is 10.5. The van der Waals surface area contributed by atoms with Crippen LogP contribution in [0.15, 0.2) is 48.5 Å². The first-order valence-corrected chi connectivity index (χ1v) is 8.88. The van der Waals surface area contributed by atoms with Crippen molar-refractivity contribution in [3.8, 4) is 0 Å². The van der Waals surface area contributed by atoms with Gasteiger partial charge in [0, 0.05) is 7.14 Å². The van der Waals surface area contributed by atoms with Gasteiger partial charge in [0.05, 0.1) is 11.4 Å². The summed E-state index contributed by atoms with van der Waals surface area (Å²) in [5.41, 5.74) is 1.60. The van der Waals surface area contributed by atoms with Crippen LogP contribution in [0.1, 0.15) is 0 Å². The number of nitrogens with one attached hydrogen (secondary N) is 2. The van der Waals surface area contributed by atoms with Crippen LogP contribution in [0, 0.1) is 18.0 Å². The minimum Gasteiger partial charge on any atom is -0.281 e. The van der Waals surface area contributed by atoms with Gasteiger partial charge in [-0.25, -0.2) is 0 Å². The van der Waals surface area contributed by atoms with Crippen molar-refractivity contribution in [1.29, 1.82) is 10.8 Å². The lowest BCUT2D eigenvalue weighted by molar-refractivity contribution is 1.38. The predicted molar refractivity (Wildman–Crippen MR) is 111 cm³/mol. The lowest BCUT2D eigenvalue weighted by Gasteiger charge is -2.20. The standard InChI is InChI=1S/C15H10I2N4S/c16-9-1-5-11(6-2-9)20-13(18)14(19)21(15(20)22)12-7-3-10(17)4-8-12/h1-8,18-19H. The molecule has 0 bridgehead atoms. The van der Waals surface area contributed by atoms with Crippen LogP contribution in [0.25, 0.3) is 0 Å². The van der Waals surface area contributed by atoms with Crippen molar-refractivity contribution in [2.75, 3.05) is 9.80 Å². The van der Waals surface area contributed by atoms with Crippen LogP contribution in [0.4, 0.5) is 11.4 Å². The summed E-state index contributed by atoms with van der Waals surface area (Å²) < 4.78 is 2.23. The molecule has 1 fully saturated rings. The van der Waals surface area contributed by atoms with Crippen molar-refractivity contribution in [2.24, 2.45) is 0 Å². The fourth-order valence-corrected chi connectivity index (χ4v) is 3.28. The third-order valence-electron chi connectivity index (χ3n) is 3.22. The molecule has 2 N–H and O–H groups in total. The zero-order chi connectivity index (χ0) is 15.9. The number of amidine groups is 2. The number of hydrogen-bond acceptors (Lipinski definition) is 3. The van der Waals surface area contributed by atoms with E-state index in [0.29, 0.717) is 5.11 Å². The molecule has 22 heavy (non-hydrogen) atoms. The van der Waals surface area contributed by atoms with E-state index in [1.165, 1.54) is 0 Å². The summed E-state index contributed by atoms with van der Waals surface area (Å²) >= 11 is 9.98. The molecule has 0 radical (unpaired) electrons. The molecule has 2 aromatic rings. The van der Waals surface area contributed by atoms with Gasteiger partial charge in [0.15, 0.2) is 16.8 Å². The van der Waals surface area contributed by atoms with Gasteiger partial charge in [-0.05, 0) is 106 Å². The lowest BCUT2D eigenvalue weighted by atomic mass is 10.3. The summed E-state index contributed by atoms with van der Waals surface area (Å²) in [6.45, 7) is 0. The minimum absolute atomic E-state index is 0.0877. The van der Waals surface area contributed by atoms with Crippen LogP contribution in [-0.2, 0) is 0 Å². The molecule has 0 atom stereocenters. The number of thiocarbonyl (C=S) groups is 1. The quantitative estimate of drug-likeness (QED) is 0.444. The van der Waals surface area contributed by atoms with E-state index in [2.05, 4.69) is 45.2 Å². The van der Waals surface area contributed by atoms with Crippen LogP contribution in [0.5, 0.6) is 0 Å². The van der Waals surface area contributed by atoms with Crippen LogP contribution in [0.3, 0.4) is 0 Å². The summed E-state index contributed by atoms with van der Waals surface area (Å²) in [6, 6.07) is 15.5. The molecule has 0 unspecified atom stereocenters. The number of benzene rings is 2. The highest BCUT2D eigenvalue weighted by Crippen LogP contribution is 2.28. The second kappa shape index (κ2) is 6.20. The molecule has 3 rings (SSSR count). The van der Waals surface area contributed by atoms with Crippen molar-refractivity contribution >= 4 is 85.6 Å². The van der Waals surface area contributed by atoms with Gasteiger partial charge in [-0.2, -0.15) is 0 Å². The van der Waals surface area contributed by atoms with Gasteiger partial charge in [0.1, 0.15) is 0 Å². The zero-order valence-corrected chi connectivity index (χ0v) is 16.3. The average molecular weight is 532 g/mol. The van der Waals surface area contributed by atoms with Crippen molar-refractivity contribution < 1.29 is 0 Å². The van der Waals surface area contributed by atoms with Crippen LogP contribution in [0.2, 0.25) is 0 Å². The summed E-state index contributed by atoms with van der Waals surface area (Å²) in [5.74, 6) is 0.175. The summed E-state index contributed by atoms with van der Waals surface area (Å²) in [7, 11) is 0. The van der Waals surface area contributed by atoms with Crippen LogP contribution < -0.4 is 9.80 Å². The molecule has 0 aliphatic carbocycles. The van der Waals surface area contributed by atoms with E-state index in [9.17, 15) is 0 Å². The molecule has 7 heteroatoms. The molecule has 1 heterocycles. The fourth-order valence-electron chi connectivity index (χ4n) is 2.16. The Labute approximate surface area is 160 Å². The molecule has 0 saturated carbocycles. The van der Waals surface area contributed by atoms with Gasteiger partial charge in [-0.3, -0.25) is 20.6 Å². The largest absolute Gasteiger partial charge is 0.281 e. The van der Waals surface area contributed by atoms with E-state index >= 15 is 0 Å². The van der Waals surface area contributed by atoms with Gasteiger partial charge < -0.3 is 0 Å². The van der Waals surface area contributed by atoms with Crippen molar-refractivity contribution in [1.82, 2.24) is 0 Å². The summed E-state index contributed by atoms with van der Waals surface area (Å²) in [6.07, 6.45) is 0. The first kappa shape index (κ1) is 15.8. The molecule has 4 nitrogen and oxygen atoms in total. The third-order valence-corrected chi connectivity index (χ3v) is 5.03. The highest BCUT2D eigenvalue weighted by atomic mass is 127. The van der Waals surface area contributed by atoms with Crippen molar-refractivity contribution in [2.45, 2.75) is 0 Å². The lowest BCUT2D eigenvalue weighted by Crippen LogP contribution is -2.32. The van der Waals surface area contributed by atoms with Gasteiger partial charge in [-0.1, -0.05) is 0 Å². The Morgan fingerprint density at radius 1 is 0.682 bits per heavy atom. The molecule has 1 aliphatic heterocycles. The Morgan fingerprint density at radius 2 is 1.00 bits per heavy atom. The van der Waals surface area contributed by atoms with E-state index in [0.717, 1.165) is 18.5 Å². The highest BCUT2D eigenvalue weighted by molar-refractivity contribution is 14.1. The van der Waals surface area contributed by atoms with E-state index in [4.69, 9.17) is 23.0 Å². The zero-order valence-electron chi connectivity index (χ0n) is 11.2. The molecule has 2 aromatic carbocycles. The molecule has 0 aromatic heterocycles. The molecule has 0 spiro atoms. The Kier molecular flexibility index (Phi) is 4.46. The minimum atomic E-state index is 0.0877. The number of hydrogen-bond donors (Lipinski definition) is 2. The average Bonchev–Trinajstić information content (AvgIpc) is 2.72. The van der Waals surface area contributed by atoms with E-state index < -0.39 is 0 Å². The number of rotatable bonds is 2. The summed E-state index contributed by atoms with van der Waals surface area (Å²) in [4.78, 5) is 3.23. The van der Waals surface area contributed by atoms with Gasteiger partial charge in [0.2, 0.25) is 0 Å². The normalized spacial score (nSPS) is 14.9. The second-order valence-electron chi connectivity index (χ2n) is 4.60. The van der Waals surface area contributed by atoms with Gasteiger partial charge in [0.25, 0.3) is 0 Å². The molecule has 110 valence electrons. The number of nitrogens with zero attached hydrogens (tertiary/aromatic N) is 2. The van der Waals surface area contributed by atoms with E-state index in [1.807, 2.05) is 48.5 Å². The van der Waals surface area contributed by atoms with Crippen molar-refractivity contribution in [3.63, 3.8) is 0 Å². The maximum absolute atomic E-state index is 8.22. The van der Waals surface area contributed by atoms with Crippen LogP contribution in [-0.4, -0.2) is 16.8 Å². The third kappa shape index (κ3) is 2.76. The second-order valence-corrected chi connectivity index (χ2v) is 7.46. The van der Waals surface area contributed by atoms with E-state index in [1.54, 1.807) is 9.80 Å². The Hall–Kier alpha value is -1.07. The van der Waals surface area contributed by atoms with Crippen molar-refractivity contribution in [3.05, 3.63) is 55.7 Å². The Morgan fingerprint density at radius 3 is 1.32 bits per heavy atom. The Bertz CT molecular complexity index is 706. The maximum Gasteiger partial charge on any atom is 0.192 e. The molecule has 1 aliphatic rings. The smallest absolute Gasteiger partial charge is 0.192 e. The first-order valence-electron chi connectivity index (χ1n) is 6.32. The monoisotopic (exact) mass is 532 g/mol.